The first-order chi connectivity index (χ1) is 8.63. The van der Waals surface area contributed by atoms with Crippen LogP contribution in [-0.2, 0) is 0 Å². The summed E-state index contributed by atoms with van der Waals surface area (Å²) in [6.07, 6.45) is 0.942. The number of hydrogen-bond donors (Lipinski definition) is 1. The van der Waals surface area contributed by atoms with Crippen LogP contribution in [0.1, 0.15) is 24.4 Å². The minimum Gasteiger partial charge on any atom is -0.311 e. The molecule has 1 aromatic carbocycles. The van der Waals surface area contributed by atoms with Gasteiger partial charge in [-0.1, -0.05) is 34.2 Å². The zero-order valence-electron chi connectivity index (χ0n) is 10.1. The van der Waals surface area contributed by atoms with Gasteiger partial charge in [-0.3, -0.25) is 0 Å². The zero-order valence-corrected chi connectivity index (χ0v) is 12.5. The predicted molar refractivity (Wildman–Crippen MR) is 75.1 cm³/mol. The second kappa shape index (κ2) is 5.86. The third kappa shape index (κ3) is 2.93. The zero-order chi connectivity index (χ0) is 13.1. The van der Waals surface area contributed by atoms with E-state index in [2.05, 4.69) is 38.4 Å². The van der Waals surface area contributed by atoms with Crippen LogP contribution < -0.4 is 5.32 Å². The molecule has 3 nitrogen and oxygen atoms in total. The van der Waals surface area contributed by atoms with Crippen LogP contribution in [0.3, 0.4) is 0 Å². The molecular weight excluding hydrogens is 317 g/mol. The highest BCUT2D eigenvalue weighted by atomic mass is 79.9. The number of nitrogens with zero attached hydrogens (tertiary/aromatic N) is 2. The molecule has 0 radical (unpaired) electrons. The van der Waals surface area contributed by atoms with Gasteiger partial charge in [0.05, 0.1) is 6.04 Å². The number of hydrogen-bond acceptors (Lipinski definition) is 4. The lowest BCUT2D eigenvalue weighted by molar-refractivity contribution is 0.568. The third-order valence-corrected chi connectivity index (χ3v) is 4.15. The summed E-state index contributed by atoms with van der Waals surface area (Å²) in [5, 5.41) is 13.1. The molecule has 0 aliphatic heterocycles. The molecule has 96 valence electrons. The van der Waals surface area contributed by atoms with E-state index in [0.717, 1.165) is 22.0 Å². The van der Waals surface area contributed by atoms with Crippen LogP contribution in [0.5, 0.6) is 0 Å². The van der Waals surface area contributed by atoms with Gasteiger partial charge in [0.1, 0.15) is 15.8 Å². The monoisotopic (exact) mass is 329 g/mol. The van der Waals surface area contributed by atoms with Crippen molar-refractivity contribution in [3.8, 4) is 10.6 Å². The Kier molecular flexibility index (Phi) is 4.42. The van der Waals surface area contributed by atoms with Crippen molar-refractivity contribution in [1.29, 1.82) is 0 Å². The fourth-order valence-corrected chi connectivity index (χ4v) is 3.16. The molecule has 0 aliphatic rings. The van der Waals surface area contributed by atoms with Crippen molar-refractivity contribution >= 4 is 27.3 Å². The van der Waals surface area contributed by atoms with E-state index in [9.17, 15) is 4.39 Å². The summed E-state index contributed by atoms with van der Waals surface area (Å²) in [5.74, 6) is -0.281. The van der Waals surface area contributed by atoms with Gasteiger partial charge in [-0.05, 0) is 31.7 Å². The number of aromatic nitrogens is 2. The van der Waals surface area contributed by atoms with Crippen molar-refractivity contribution in [2.24, 2.45) is 0 Å². The molecule has 1 aromatic heterocycles. The summed E-state index contributed by atoms with van der Waals surface area (Å²) < 4.78 is 14.0. The first-order valence-electron chi connectivity index (χ1n) is 5.61. The lowest BCUT2D eigenvalue weighted by Crippen LogP contribution is -2.14. The maximum Gasteiger partial charge on any atom is 0.147 e. The molecule has 6 heteroatoms. The summed E-state index contributed by atoms with van der Waals surface area (Å²) in [5.41, 5.74) is 0.747. The molecule has 0 aliphatic carbocycles. The Bertz CT molecular complexity index is 520. The van der Waals surface area contributed by atoms with E-state index in [1.54, 1.807) is 0 Å². The Morgan fingerprint density at radius 3 is 2.78 bits per heavy atom. The Labute approximate surface area is 118 Å². The van der Waals surface area contributed by atoms with E-state index in [4.69, 9.17) is 0 Å². The summed E-state index contributed by atoms with van der Waals surface area (Å²) in [6.45, 7) is 2.08. The lowest BCUT2D eigenvalue weighted by atomic mass is 10.2. The van der Waals surface area contributed by atoms with Gasteiger partial charge in [-0.25, -0.2) is 4.39 Å². The van der Waals surface area contributed by atoms with Crippen LogP contribution in [0.4, 0.5) is 4.39 Å². The molecule has 0 saturated carbocycles. The molecule has 2 rings (SSSR count). The number of rotatable bonds is 4. The molecule has 1 N–H and O–H groups in total. The third-order valence-electron chi connectivity index (χ3n) is 2.60. The molecule has 0 spiro atoms. The molecule has 1 unspecified atom stereocenters. The highest BCUT2D eigenvalue weighted by Gasteiger charge is 2.14. The van der Waals surface area contributed by atoms with Crippen molar-refractivity contribution in [2.75, 3.05) is 7.05 Å². The van der Waals surface area contributed by atoms with Gasteiger partial charge in [0.25, 0.3) is 0 Å². The van der Waals surface area contributed by atoms with Crippen LogP contribution in [0.15, 0.2) is 22.7 Å². The van der Waals surface area contributed by atoms with Gasteiger partial charge < -0.3 is 5.32 Å². The van der Waals surface area contributed by atoms with E-state index < -0.39 is 0 Å². The predicted octanol–water partition coefficient (Wildman–Crippen LogP) is 3.78. The van der Waals surface area contributed by atoms with Crippen molar-refractivity contribution in [3.05, 3.63) is 33.5 Å². The minimum atomic E-state index is -0.281. The molecule has 2 aromatic rings. The molecule has 0 amide bonds. The van der Waals surface area contributed by atoms with Gasteiger partial charge in [0.15, 0.2) is 0 Å². The van der Waals surface area contributed by atoms with E-state index in [0.29, 0.717) is 4.47 Å². The average molecular weight is 330 g/mol. The van der Waals surface area contributed by atoms with Crippen LogP contribution >= 0.6 is 27.3 Å². The van der Waals surface area contributed by atoms with Crippen LogP contribution in [0, 0.1) is 5.82 Å². The van der Waals surface area contributed by atoms with Gasteiger partial charge in [-0.15, -0.1) is 10.2 Å². The second-order valence-electron chi connectivity index (χ2n) is 3.85. The SMILES string of the molecule is CCC(NC)c1nnc(-c2cc(F)cc(Br)c2)s1. The lowest BCUT2D eigenvalue weighted by Gasteiger charge is -2.08. The van der Waals surface area contributed by atoms with Crippen LogP contribution in [0.25, 0.3) is 10.6 Å². The Morgan fingerprint density at radius 1 is 1.39 bits per heavy atom. The number of benzene rings is 1. The highest BCUT2D eigenvalue weighted by molar-refractivity contribution is 9.10. The van der Waals surface area contributed by atoms with Crippen molar-refractivity contribution in [3.63, 3.8) is 0 Å². The Hall–Kier alpha value is -0.850. The van der Waals surface area contributed by atoms with Gasteiger partial charge in [0.2, 0.25) is 0 Å². The molecule has 0 fully saturated rings. The normalized spacial score (nSPS) is 12.7. The standard InChI is InChI=1S/C12H13BrFN3S/c1-3-10(15-2)12-17-16-11(18-12)7-4-8(13)6-9(14)5-7/h4-6,10,15H,3H2,1-2H3. The topological polar surface area (TPSA) is 37.8 Å². The van der Waals surface area contributed by atoms with Crippen molar-refractivity contribution in [1.82, 2.24) is 15.5 Å². The quantitative estimate of drug-likeness (QED) is 0.927. The van der Waals surface area contributed by atoms with E-state index in [1.165, 1.54) is 23.5 Å². The molecule has 0 saturated heterocycles. The Morgan fingerprint density at radius 2 is 2.17 bits per heavy atom. The molecular formula is C12H13BrFN3S. The van der Waals surface area contributed by atoms with Crippen LogP contribution in [-0.4, -0.2) is 17.2 Å². The maximum absolute atomic E-state index is 13.3. The molecule has 18 heavy (non-hydrogen) atoms. The van der Waals surface area contributed by atoms with Gasteiger partial charge in [-0.2, -0.15) is 0 Å². The molecule has 0 bridgehead atoms. The fraction of sp³-hybridized carbons (Fsp3) is 0.333. The maximum atomic E-state index is 13.3. The number of halogens is 2. The number of nitrogens with one attached hydrogen (secondary N) is 1. The average Bonchev–Trinajstić information content (AvgIpc) is 2.79. The first kappa shape index (κ1) is 13.6. The molecule has 1 heterocycles. The van der Waals surface area contributed by atoms with Gasteiger partial charge >= 0.3 is 0 Å². The van der Waals surface area contributed by atoms with Crippen LogP contribution in [0.2, 0.25) is 0 Å². The van der Waals surface area contributed by atoms with E-state index in [-0.39, 0.29) is 11.9 Å². The van der Waals surface area contributed by atoms with Crippen molar-refractivity contribution in [2.45, 2.75) is 19.4 Å². The summed E-state index contributed by atoms with van der Waals surface area (Å²) in [6, 6.07) is 4.94. The highest BCUT2D eigenvalue weighted by Crippen LogP contribution is 2.30. The summed E-state index contributed by atoms with van der Waals surface area (Å²) in [7, 11) is 1.90. The Balaban J connectivity index is 2.34. The summed E-state index contributed by atoms with van der Waals surface area (Å²) in [4.78, 5) is 0. The van der Waals surface area contributed by atoms with E-state index >= 15 is 0 Å². The van der Waals surface area contributed by atoms with Crippen molar-refractivity contribution < 1.29 is 4.39 Å². The van der Waals surface area contributed by atoms with E-state index in [1.807, 2.05) is 13.1 Å². The smallest absolute Gasteiger partial charge is 0.147 e. The summed E-state index contributed by atoms with van der Waals surface area (Å²) >= 11 is 4.77. The van der Waals surface area contributed by atoms with Gasteiger partial charge in [0, 0.05) is 10.0 Å². The largest absolute Gasteiger partial charge is 0.311 e. The minimum absolute atomic E-state index is 0.202. The molecule has 1 atom stereocenters. The first-order valence-corrected chi connectivity index (χ1v) is 7.22. The second-order valence-corrected chi connectivity index (χ2v) is 5.78. The fourth-order valence-electron chi connectivity index (χ4n) is 1.67.